The Morgan fingerprint density at radius 2 is 1.53 bits per heavy atom. The third-order valence-electron chi connectivity index (χ3n) is 3.62. The summed E-state index contributed by atoms with van der Waals surface area (Å²) in [7, 11) is 0. The highest BCUT2D eigenvalue weighted by atomic mass is 127. The van der Waals surface area contributed by atoms with Crippen LogP contribution in [0.3, 0.4) is 0 Å². The lowest BCUT2D eigenvalue weighted by molar-refractivity contribution is 0.658. The second-order valence-electron chi connectivity index (χ2n) is 5.04. The molecule has 86 valence electrons. The first kappa shape index (κ1) is 11.6. The summed E-state index contributed by atoms with van der Waals surface area (Å²) in [5.74, 6) is 0. The fourth-order valence-corrected chi connectivity index (χ4v) is 3.39. The number of hydrogen-bond donors (Lipinski definition) is 1. The molecule has 0 atom stereocenters. The molecule has 2 aromatic carbocycles. The molecule has 0 saturated heterocycles. The molecule has 0 amide bonds. The van der Waals surface area contributed by atoms with Gasteiger partial charge in [0.15, 0.2) is 0 Å². The van der Waals surface area contributed by atoms with E-state index in [4.69, 9.17) is 0 Å². The highest BCUT2D eigenvalue weighted by Gasteiger charge is 2.35. The van der Waals surface area contributed by atoms with E-state index in [2.05, 4.69) is 85.5 Å². The fraction of sp³-hybridized carbons (Fsp3) is 0.200. The van der Waals surface area contributed by atoms with Crippen LogP contribution in [-0.4, -0.2) is 0 Å². The van der Waals surface area contributed by atoms with Gasteiger partial charge < -0.3 is 0 Å². The number of halogens is 1. The van der Waals surface area contributed by atoms with Gasteiger partial charge in [-0.3, -0.25) is 0 Å². The largest absolute Gasteiger partial charge is 0.143 e. The van der Waals surface area contributed by atoms with E-state index < -0.39 is 0 Å². The van der Waals surface area contributed by atoms with Crippen LogP contribution in [0.25, 0.3) is 11.1 Å². The predicted octanol–water partition coefficient (Wildman–Crippen LogP) is 4.89. The minimum Gasteiger partial charge on any atom is -0.143 e. The summed E-state index contributed by atoms with van der Waals surface area (Å²) < 4.78 is 1.30. The molecular weight excluding hydrogens is 339 g/mol. The molecule has 0 spiro atoms. The van der Waals surface area contributed by atoms with E-state index in [1.807, 2.05) is 0 Å². The normalized spacial score (nSPS) is 15.5. The van der Waals surface area contributed by atoms with Crippen LogP contribution in [0.15, 0.2) is 41.3 Å². The maximum Gasteiger partial charge on any atom is 0.0159 e. The molecule has 0 N–H and O–H groups in total. The number of thiol groups is 1. The highest BCUT2D eigenvalue weighted by molar-refractivity contribution is 14.1. The maximum absolute atomic E-state index is 4.46. The highest BCUT2D eigenvalue weighted by Crippen LogP contribution is 2.49. The van der Waals surface area contributed by atoms with Gasteiger partial charge in [-0.1, -0.05) is 26.0 Å². The van der Waals surface area contributed by atoms with E-state index in [9.17, 15) is 0 Å². The van der Waals surface area contributed by atoms with Crippen LogP contribution in [0, 0.1) is 3.57 Å². The lowest BCUT2D eigenvalue weighted by Crippen LogP contribution is -2.15. The fourth-order valence-electron chi connectivity index (χ4n) is 2.70. The minimum absolute atomic E-state index is 0.0879. The van der Waals surface area contributed by atoms with Crippen molar-refractivity contribution in [3.63, 3.8) is 0 Å². The molecule has 0 unspecified atom stereocenters. The molecule has 0 heterocycles. The zero-order chi connectivity index (χ0) is 12.2. The Bertz CT molecular complexity index is 561. The third-order valence-corrected chi connectivity index (χ3v) is 4.57. The molecule has 2 heteroatoms. The summed E-state index contributed by atoms with van der Waals surface area (Å²) in [6.45, 7) is 4.59. The van der Waals surface area contributed by atoms with Crippen molar-refractivity contribution in [3.05, 3.63) is 51.1 Å². The Morgan fingerprint density at radius 3 is 2.24 bits per heavy atom. The van der Waals surface area contributed by atoms with Crippen molar-refractivity contribution in [2.45, 2.75) is 24.2 Å². The molecule has 1 aliphatic rings. The van der Waals surface area contributed by atoms with Crippen LogP contribution >= 0.6 is 35.2 Å². The first-order chi connectivity index (χ1) is 8.00. The van der Waals surface area contributed by atoms with Crippen molar-refractivity contribution in [1.82, 2.24) is 0 Å². The van der Waals surface area contributed by atoms with E-state index in [0.717, 1.165) is 4.90 Å². The van der Waals surface area contributed by atoms with E-state index >= 15 is 0 Å². The molecule has 0 radical (unpaired) electrons. The predicted molar refractivity (Wildman–Crippen MR) is 84.0 cm³/mol. The number of fused-ring (bicyclic) bond motifs is 3. The Labute approximate surface area is 121 Å². The quantitative estimate of drug-likeness (QED) is 0.507. The molecule has 3 rings (SSSR count). The van der Waals surface area contributed by atoms with Gasteiger partial charge in [0.1, 0.15) is 0 Å². The molecule has 2 aromatic rings. The molecule has 0 nitrogen and oxygen atoms in total. The van der Waals surface area contributed by atoms with Gasteiger partial charge in [0.05, 0.1) is 0 Å². The van der Waals surface area contributed by atoms with Crippen LogP contribution in [0.2, 0.25) is 0 Å². The van der Waals surface area contributed by atoms with Crippen LogP contribution in [-0.2, 0) is 5.41 Å². The monoisotopic (exact) mass is 352 g/mol. The van der Waals surface area contributed by atoms with E-state index in [-0.39, 0.29) is 5.41 Å². The van der Waals surface area contributed by atoms with Gasteiger partial charge in [-0.05, 0) is 69.1 Å². The van der Waals surface area contributed by atoms with Crippen LogP contribution in [0.4, 0.5) is 0 Å². The van der Waals surface area contributed by atoms with E-state index in [1.54, 1.807) is 0 Å². The number of hydrogen-bond acceptors (Lipinski definition) is 1. The van der Waals surface area contributed by atoms with Gasteiger partial charge in [-0.2, -0.15) is 0 Å². The van der Waals surface area contributed by atoms with E-state index in [0.29, 0.717) is 0 Å². The van der Waals surface area contributed by atoms with Gasteiger partial charge >= 0.3 is 0 Å². The second-order valence-corrected chi connectivity index (χ2v) is 6.81. The first-order valence-corrected chi connectivity index (χ1v) is 7.16. The van der Waals surface area contributed by atoms with Gasteiger partial charge in [0, 0.05) is 13.9 Å². The average molecular weight is 352 g/mol. The van der Waals surface area contributed by atoms with Crippen LogP contribution < -0.4 is 0 Å². The Morgan fingerprint density at radius 1 is 0.941 bits per heavy atom. The van der Waals surface area contributed by atoms with Crippen molar-refractivity contribution in [3.8, 4) is 11.1 Å². The summed E-state index contributed by atoms with van der Waals surface area (Å²) in [6.07, 6.45) is 0. The lowest BCUT2D eigenvalue weighted by atomic mass is 9.82. The smallest absolute Gasteiger partial charge is 0.0159 e. The average Bonchev–Trinajstić information content (AvgIpc) is 2.49. The summed E-state index contributed by atoms with van der Waals surface area (Å²) >= 11 is 6.84. The molecule has 17 heavy (non-hydrogen) atoms. The number of rotatable bonds is 0. The zero-order valence-corrected chi connectivity index (χ0v) is 12.8. The maximum atomic E-state index is 4.46. The van der Waals surface area contributed by atoms with Crippen molar-refractivity contribution >= 4 is 35.2 Å². The summed E-state index contributed by atoms with van der Waals surface area (Å²) in [6, 6.07) is 13.2. The topological polar surface area (TPSA) is 0 Å². The third kappa shape index (κ3) is 1.65. The second kappa shape index (κ2) is 3.75. The van der Waals surface area contributed by atoms with Crippen molar-refractivity contribution < 1.29 is 0 Å². The Balaban J connectivity index is 2.37. The SMILES string of the molecule is CC1(C)c2cc(S)ccc2-c2ccc(I)cc21. The molecule has 0 saturated carbocycles. The Kier molecular flexibility index (Phi) is 2.56. The molecule has 0 bridgehead atoms. The molecule has 0 aliphatic heterocycles. The van der Waals surface area contributed by atoms with Crippen molar-refractivity contribution in [2.75, 3.05) is 0 Å². The summed E-state index contributed by atoms with van der Waals surface area (Å²) in [4.78, 5) is 1.04. The summed E-state index contributed by atoms with van der Waals surface area (Å²) in [5, 5.41) is 0. The zero-order valence-electron chi connectivity index (χ0n) is 9.79. The van der Waals surface area contributed by atoms with Gasteiger partial charge in [-0.25, -0.2) is 0 Å². The van der Waals surface area contributed by atoms with Crippen LogP contribution in [0.1, 0.15) is 25.0 Å². The minimum atomic E-state index is 0.0879. The molecule has 0 fully saturated rings. The lowest BCUT2D eigenvalue weighted by Gasteiger charge is -2.21. The molecule has 0 aromatic heterocycles. The van der Waals surface area contributed by atoms with Crippen molar-refractivity contribution in [1.29, 1.82) is 0 Å². The van der Waals surface area contributed by atoms with Gasteiger partial charge in [-0.15, -0.1) is 12.6 Å². The van der Waals surface area contributed by atoms with Crippen LogP contribution in [0.5, 0.6) is 0 Å². The molecular formula is C15H13IS. The first-order valence-electron chi connectivity index (χ1n) is 5.64. The van der Waals surface area contributed by atoms with Crippen molar-refractivity contribution in [2.24, 2.45) is 0 Å². The summed E-state index contributed by atoms with van der Waals surface area (Å²) in [5.41, 5.74) is 5.64. The van der Waals surface area contributed by atoms with E-state index in [1.165, 1.54) is 25.8 Å². The Hall–Kier alpha value is -0.480. The molecule has 1 aliphatic carbocycles. The standard InChI is InChI=1S/C15H13IS/c1-15(2)13-7-9(16)3-5-11(13)12-6-4-10(17)8-14(12)15/h3-8,17H,1-2H3. The van der Waals surface area contributed by atoms with Gasteiger partial charge in [0.2, 0.25) is 0 Å². The van der Waals surface area contributed by atoms with Gasteiger partial charge in [0.25, 0.3) is 0 Å². The number of benzene rings is 2.